The van der Waals surface area contributed by atoms with Crippen molar-refractivity contribution in [3.05, 3.63) is 94.0 Å². The van der Waals surface area contributed by atoms with Gasteiger partial charge in [0.1, 0.15) is 11.8 Å². The zero-order valence-corrected chi connectivity index (χ0v) is 25.6. The Morgan fingerprint density at radius 3 is 2.47 bits per heavy atom. The van der Waals surface area contributed by atoms with Crippen molar-refractivity contribution in [2.45, 2.75) is 58.3 Å². The molecule has 0 aliphatic carbocycles. The van der Waals surface area contributed by atoms with Crippen molar-refractivity contribution in [2.75, 3.05) is 19.4 Å². The lowest BCUT2D eigenvalue weighted by Crippen LogP contribution is -2.57. The Bertz CT molecular complexity index is 1480. The summed E-state index contributed by atoms with van der Waals surface area (Å²) in [5, 5.41) is 17.4. The van der Waals surface area contributed by atoms with Gasteiger partial charge in [0, 0.05) is 13.1 Å². The zero-order valence-electron chi connectivity index (χ0n) is 24.9. The monoisotopic (exact) mass is 606 g/mol. The highest BCUT2D eigenvalue weighted by Crippen LogP contribution is 2.37. The van der Waals surface area contributed by atoms with Crippen LogP contribution in [0.25, 0.3) is 0 Å². The maximum absolute atomic E-state index is 13.9. The molecule has 1 fully saturated rings. The number of benzene rings is 3. The Morgan fingerprint density at radius 1 is 1.09 bits per heavy atom. The number of aryl methyl sites for hydroxylation is 1. The fourth-order valence-corrected chi connectivity index (χ4v) is 5.70. The third-order valence-electron chi connectivity index (χ3n) is 8.13. The van der Waals surface area contributed by atoms with Gasteiger partial charge in [-0.05, 0) is 66.1 Å². The second-order valence-corrected chi connectivity index (χ2v) is 12.0. The molecule has 9 nitrogen and oxygen atoms in total. The molecule has 4 rings (SSSR count). The summed E-state index contributed by atoms with van der Waals surface area (Å²) < 4.78 is 5.24. The fraction of sp³-hybridized carbons (Fsp3) is 0.364. The first-order valence-electron chi connectivity index (χ1n) is 14.2. The lowest BCUT2D eigenvalue weighted by molar-refractivity contribution is -0.148. The maximum Gasteiger partial charge on any atom is 0.254 e. The maximum atomic E-state index is 13.9. The summed E-state index contributed by atoms with van der Waals surface area (Å²) in [4.78, 5) is 42.2. The molecule has 0 saturated carbocycles. The van der Waals surface area contributed by atoms with E-state index < -0.39 is 35.4 Å². The predicted octanol–water partition coefficient (Wildman–Crippen LogP) is 3.88. The number of hydrogen-bond donors (Lipinski definition) is 4. The molecule has 1 heterocycles. The van der Waals surface area contributed by atoms with Gasteiger partial charge in [-0.1, -0.05) is 67.9 Å². The van der Waals surface area contributed by atoms with Gasteiger partial charge in [0.25, 0.3) is 11.8 Å². The van der Waals surface area contributed by atoms with Gasteiger partial charge >= 0.3 is 0 Å². The smallest absolute Gasteiger partial charge is 0.254 e. The first-order chi connectivity index (χ1) is 20.4. The van der Waals surface area contributed by atoms with E-state index in [1.165, 1.54) is 11.0 Å². The van der Waals surface area contributed by atoms with Crippen LogP contribution in [-0.4, -0.2) is 59.6 Å². The number of nitrogens with zero attached hydrogens (tertiary/aromatic N) is 1. The molecule has 1 aliphatic heterocycles. The molecule has 3 amide bonds. The molecule has 228 valence electrons. The van der Waals surface area contributed by atoms with E-state index in [2.05, 4.69) is 10.6 Å². The number of nitrogen functional groups attached to an aromatic ring is 1. The number of likely N-dealkylation sites (tertiary alicyclic amines) is 1. The number of ether oxygens (including phenoxy) is 1. The average Bonchev–Trinajstić information content (AvgIpc) is 3.31. The summed E-state index contributed by atoms with van der Waals surface area (Å²) in [5.41, 5.74) is 8.50. The van der Waals surface area contributed by atoms with Crippen LogP contribution in [0.5, 0.6) is 5.75 Å². The normalized spacial score (nSPS) is 17.2. The number of nitrogens with one attached hydrogen (secondary N) is 2. The number of nitrogens with two attached hydrogens (primary N) is 1. The number of hydrogen-bond acceptors (Lipinski definition) is 6. The first-order valence-corrected chi connectivity index (χ1v) is 14.6. The zero-order chi connectivity index (χ0) is 31.3. The second-order valence-electron chi connectivity index (χ2n) is 11.6. The number of halogens is 1. The lowest BCUT2D eigenvalue weighted by Gasteiger charge is -2.34. The van der Waals surface area contributed by atoms with E-state index in [1.807, 2.05) is 45.0 Å². The minimum absolute atomic E-state index is 0.0793. The fourth-order valence-electron chi connectivity index (χ4n) is 5.49. The average molecular weight is 607 g/mol. The van der Waals surface area contributed by atoms with Crippen LogP contribution < -0.4 is 21.1 Å². The van der Waals surface area contributed by atoms with Gasteiger partial charge in [-0.2, -0.15) is 0 Å². The molecule has 43 heavy (non-hydrogen) atoms. The van der Waals surface area contributed by atoms with Gasteiger partial charge in [-0.15, -0.1) is 0 Å². The first kappa shape index (κ1) is 31.8. The van der Waals surface area contributed by atoms with Crippen LogP contribution in [0.15, 0.2) is 66.7 Å². The molecule has 3 aromatic rings. The number of carbonyl (C=O) groups excluding carboxylic acids is 3. The van der Waals surface area contributed by atoms with Gasteiger partial charge in [-0.25, -0.2) is 0 Å². The molecule has 10 heteroatoms. The molecule has 0 bridgehead atoms. The molecule has 0 radical (unpaired) electrons. The van der Waals surface area contributed by atoms with Crippen LogP contribution in [0.3, 0.4) is 0 Å². The highest BCUT2D eigenvalue weighted by atomic mass is 35.5. The Balaban J connectivity index is 1.58. The van der Waals surface area contributed by atoms with Crippen molar-refractivity contribution in [1.29, 1.82) is 0 Å². The number of methoxy groups -OCH3 is 1. The summed E-state index contributed by atoms with van der Waals surface area (Å²) in [6, 6.07) is 17.7. The Hall–Kier alpha value is -4.08. The predicted molar refractivity (Wildman–Crippen MR) is 167 cm³/mol. The molecule has 0 spiro atoms. The van der Waals surface area contributed by atoms with E-state index in [1.54, 1.807) is 43.5 Å². The van der Waals surface area contributed by atoms with Crippen LogP contribution in [0.2, 0.25) is 5.02 Å². The molecule has 1 saturated heterocycles. The number of anilines is 1. The Morgan fingerprint density at radius 2 is 1.79 bits per heavy atom. The topological polar surface area (TPSA) is 134 Å². The minimum atomic E-state index is -1.65. The van der Waals surface area contributed by atoms with E-state index in [0.29, 0.717) is 18.7 Å². The van der Waals surface area contributed by atoms with Crippen molar-refractivity contribution < 1.29 is 24.2 Å². The molecule has 3 aromatic carbocycles. The van der Waals surface area contributed by atoms with E-state index in [0.717, 1.165) is 16.7 Å². The van der Waals surface area contributed by atoms with Crippen molar-refractivity contribution in [2.24, 2.45) is 5.41 Å². The van der Waals surface area contributed by atoms with Crippen molar-refractivity contribution in [3.63, 3.8) is 0 Å². The molecule has 0 aromatic heterocycles. The minimum Gasteiger partial charge on any atom is -0.497 e. The molecular formula is C33H39ClN4O5. The molecule has 0 unspecified atom stereocenters. The molecular weight excluding hydrogens is 568 g/mol. The number of rotatable bonds is 10. The van der Waals surface area contributed by atoms with Crippen LogP contribution in [0.4, 0.5) is 5.69 Å². The standard InChI is InChI=1S/C33H39ClN4O5/c1-20-8-5-6-9-22(20)19-36-31(41)29-33(2,3)16-17-38(29)32(42)28(39)26(18-21-12-14-23(43-4)15-13-21)37-30(40)24-10-7-11-25(35)27(24)34/h5-15,26,28-29,39H,16-19,35H2,1-4H3,(H,36,41)(H,37,40)/t26-,28-,29+/m0/s1. The van der Waals surface area contributed by atoms with E-state index in [-0.39, 0.29) is 35.1 Å². The van der Waals surface area contributed by atoms with Gasteiger partial charge in [0.15, 0.2) is 6.10 Å². The number of carbonyl (C=O) groups is 3. The Labute approximate surface area is 257 Å². The van der Waals surface area contributed by atoms with Gasteiger partial charge in [-0.3, -0.25) is 14.4 Å². The largest absolute Gasteiger partial charge is 0.497 e. The summed E-state index contributed by atoms with van der Waals surface area (Å²) in [7, 11) is 1.56. The van der Waals surface area contributed by atoms with Gasteiger partial charge in [0.05, 0.1) is 29.4 Å². The lowest BCUT2D eigenvalue weighted by atomic mass is 9.84. The van der Waals surface area contributed by atoms with Crippen molar-refractivity contribution in [3.8, 4) is 5.75 Å². The van der Waals surface area contributed by atoms with E-state index in [9.17, 15) is 19.5 Å². The van der Waals surface area contributed by atoms with E-state index >= 15 is 0 Å². The highest BCUT2D eigenvalue weighted by Gasteiger charge is 2.49. The van der Waals surface area contributed by atoms with Gasteiger partial charge in [0.2, 0.25) is 5.91 Å². The number of amides is 3. The second kappa shape index (κ2) is 13.5. The molecule has 5 N–H and O–H groups in total. The van der Waals surface area contributed by atoms with Crippen LogP contribution in [0.1, 0.15) is 47.3 Å². The molecule has 1 aliphatic rings. The molecule has 3 atom stereocenters. The quantitative estimate of drug-likeness (QED) is 0.259. The van der Waals surface area contributed by atoms with Crippen LogP contribution in [0, 0.1) is 12.3 Å². The van der Waals surface area contributed by atoms with E-state index in [4.69, 9.17) is 22.1 Å². The third-order valence-corrected chi connectivity index (χ3v) is 8.56. The highest BCUT2D eigenvalue weighted by molar-refractivity contribution is 6.36. The summed E-state index contributed by atoms with van der Waals surface area (Å²) in [6.07, 6.45) is -0.946. The Kier molecular flexibility index (Phi) is 9.98. The summed E-state index contributed by atoms with van der Waals surface area (Å²) in [5.74, 6) is -0.879. The number of aliphatic hydroxyl groups excluding tert-OH is 1. The SMILES string of the molecule is COc1ccc(C[C@H](NC(=O)c2cccc(N)c2Cl)[C@H](O)C(=O)N2CCC(C)(C)[C@H]2C(=O)NCc2ccccc2C)cc1. The van der Waals surface area contributed by atoms with Gasteiger partial charge < -0.3 is 31.1 Å². The van der Waals surface area contributed by atoms with Crippen LogP contribution >= 0.6 is 11.6 Å². The summed E-state index contributed by atoms with van der Waals surface area (Å²) >= 11 is 6.30. The van der Waals surface area contributed by atoms with Crippen molar-refractivity contribution in [1.82, 2.24) is 15.5 Å². The third kappa shape index (κ3) is 7.29. The van der Waals surface area contributed by atoms with Crippen molar-refractivity contribution >= 4 is 35.0 Å². The van der Waals surface area contributed by atoms with Crippen LogP contribution in [-0.2, 0) is 22.6 Å². The number of aliphatic hydroxyl groups is 1. The summed E-state index contributed by atoms with van der Waals surface area (Å²) in [6.45, 7) is 6.45.